The average molecular weight is 227 g/mol. The third kappa shape index (κ3) is 2.70. The molecule has 0 radical (unpaired) electrons. The van der Waals surface area contributed by atoms with Crippen molar-refractivity contribution in [1.82, 2.24) is 4.98 Å². The van der Waals surface area contributed by atoms with E-state index in [2.05, 4.69) is 4.98 Å². The van der Waals surface area contributed by atoms with Gasteiger partial charge in [-0.2, -0.15) is 0 Å². The Bertz CT molecular complexity index is 552. The molecule has 88 valence electrons. The summed E-state index contributed by atoms with van der Waals surface area (Å²) < 4.78 is 0. The normalized spacial score (nSPS) is 11.7. The maximum Gasteiger partial charge on any atom is 0.142 e. The molecule has 2 rings (SSSR count). The molecule has 0 saturated heterocycles. The monoisotopic (exact) mass is 227 g/mol. The Balaban J connectivity index is 2.29. The molecule has 0 saturated carbocycles. The zero-order chi connectivity index (χ0) is 12.5. The van der Waals surface area contributed by atoms with E-state index in [-0.39, 0.29) is 11.2 Å². The van der Waals surface area contributed by atoms with Crippen molar-refractivity contribution >= 4 is 16.7 Å². The molecule has 0 atom stereocenters. The summed E-state index contributed by atoms with van der Waals surface area (Å²) in [6, 6.07) is 9.94. The quantitative estimate of drug-likeness (QED) is 0.787. The molecule has 2 nitrogen and oxygen atoms in total. The molecule has 0 fully saturated rings. The van der Waals surface area contributed by atoms with E-state index < -0.39 is 0 Å². The first-order chi connectivity index (χ1) is 7.97. The smallest absolute Gasteiger partial charge is 0.142 e. The summed E-state index contributed by atoms with van der Waals surface area (Å²) in [4.78, 5) is 16.2. The second kappa shape index (κ2) is 4.28. The zero-order valence-electron chi connectivity index (χ0n) is 10.5. The lowest BCUT2D eigenvalue weighted by Crippen LogP contribution is -2.22. The minimum Gasteiger partial charge on any atom is -0.299 e. The van der Waals surface area contributed by atoms with Crippen molar-refractivity contribution in [2.45, 2.75) is 27.2 Å². The van der Waals surface area contributed by atoms with E-state index >= 15 is 0 Å². The van der Waals surface area contributed by atoms with Gasteiger partial charge in [0.2, 0.25) is 0 Å². The standard InChI is InChI=1S/C15H17NO/c1-15(2,3)14(17)10-11-6-7-13-12(9-11)5-4-8-16-13/h4-9H,10H2,1-3H3. The number of pyridine rings is 1. The van der Waals surface area contributed by atoms with Gasteiger partial charge in [0, 0.05) is 23.4 Å². The van der Waals surface area contributed by atoms with Crippen LogP contribution in [0, 0.1) is 5.41 Å². The molecular formula is C15H17NO. The minimum absolute atomic E-state index is 0.265. The van der Waals surface area contributed by atoms with Crippen LogP contribution in [0.15, 0.2) is 36.5 Å². The van der Waals surface area contributed by atoms with E-state index in [1.807, 2.05) is 51.1 Å². The molecule has 0 aliphatic heterocycles. The predicted molar refractivity (Wildman–Crippen MR) is 69.9 cm³/mol. The second-order valence-electron chi connectivity index (χ2n) is 5.38. The van der Waals surface area contributed by atoms with Gasteiger partial charge in [0.05, 0.1) is 5.52 Å². The van der Waals surface area contributed by atoms with E-state index in [0.717, 1.165) is 16.5 Å². The third-order valence-corrected chi connectivity index (χ3v) is 2.87. The Morgan fingerprint density at radius 2 is 2.00 bits per heavy atom. The molecule has 17 heavy (non-hydrogen) atoms. The molecule has 2 heteroatoms. The SMILES string of the molecule is CC(C)(C)C(=O)Cc1ccc2ncccc2c1. The van der Waals surface area contributed by atoms with Crippen LogP contribution < -0.4 is 0 Å². The van der Waals surface area contributed by atoms with Gasteiger partial charge in [-0.05, 0) is 23.8 Å². The molecule has 2 aromatic rings. The van der Waals surface area contributed by atoms with Crippen LogP contribution in [-0.2, 0) is 11.2 Å². The van der Waals surface area contributed by atoms with Crippen molar-refractivity contribution in [3.63, 3.8) is 0 Å². The van der Waals surface area contributed by atoms with Crippen LogP contribution in [0.5, 0.6) is 0 Å². The molecular weight excluding hydrogens is 210 g/mol. The molecule has 0 N–H and O–H groups in total. The maximum absolute atomic E-state index is 12.0. The topological polar surface area (TPSA) is 30.0 Å². The largest absolute Gasteiger partial charge is 0.299 e. The van der Waals surface area contributed by atoms with Gasteiger partial charge in [-0.1, -0.05) is 32.9 Å². The number of rotatable bonds is 2. The lowest BCUT2D eigenvalue weighted by atomic mass is 9.87. The number of ketones is 1. The van der Waals surface area contributed by atoms with E-state index in [9.17, 15) is 4.79 Å². The van der Waals surface area contributed by atoms with Gasteiger partial charge < -0.3 is 0 Å². The number of hydrogen-bond donors (Lipinski definition) is 0. The van der Waals surface area contributed by atoms with Crippen LogP contribution in [0.2, 0.25) is 0 Å². The van der Waals surface area contributed by atoms with Gasteiger partial charge in [-0.25, -0.2) is 0 Å². The van der Waals surface area contributed by atoms with E-state index in [1.54, 1.807) is 6.20 Å². The summed E-state index contributed by atoms with van der Waals surface area (Å²) in [7, 11) is 0. The fourth-order valence-electron chi connectivity index (χ4n) is 1.69. The molecule has 0 aliphatic carbocycles. The van der Waals surface area contributed by atoms with Gasteiger partial charge in [0.1, 0.15) is 5.78 Å². The highest BCUT2D eigenvalue weighted by molar-refractivity contribution is 5.87. The third-order valence-electron chi connectivity index (χ3n) is 2.87. The highest BCUT2D eigenvalue weighted by atomic mass is 16.1. The molecule has 1 aromatic carbocycles. The summed E-state index contributed by atoms with van der Waals surface area (Å²) in [6.07, 6.45) is 2.27. The van der Waals surface area contributed by atoms with Crippen LogP contribution in [-0.4, -0.2) is 10.8 Å². The fraction of sp³-hybridized carbons (Fsp3) is 0.333. The molecule has 0 amide bonds. The summed E-state index contributed by atoms with van der Waals surface area (Å²) in [5.41, 5.74) is 1.76. The predicted octanol–water partition coefficient (Wildman–Crippen LogP) is 3.39. The Morgan fingerprint density at radius 1 is 1.24 bits per heavy atom. The van der Waals surface area contributed by atoms with Gasteiger partial charge in [0.15, 0.2) is 0 Å². The summed E-state index contributed by atoms with van der Waals surface area (Å²) in [6.45, 7) is 5.87. The number of carbonyl (C=O) groups is 1. The molecule has 0 aliphatic rings. The number of aromatic nitrogens is 1. The van der Waals surface area contributed by atoms with Crippen molar-refractivity contribution < 1.29 is 4.79 Å². The lowest BCUT2D eigenvalue weighted by Gasteiger charge is -2.16. The van der Waals surface area contributed by atoms with Crippen LogP contribution in [0.3, 0.4) is 0 Å². The number of Topliss-reactive ketones (excluding diaryl/α,β-unsaturated/α-hetero) is 1. The summed E-state index contributed by atoms with van der Waals surface area (Å²) in [5.74, 6) is 0.265. The summed E-state index contributed by atoms with van der Waals surface area (Å²) in [5, 5.41) is 1.09. The number of fused-ring (bicyclic) bond motifs is 1. The van der Waals surface area contributed by atoms with Crippen molar-refractivity contribution in [3.8, 4) is 0 Å². The van der Waals surface area contributed by atoms with Crippen molar-refractivity contribution in [3.05, 3.63) is 42.1 Å². The number of carbonyl (C=O) groups excluding carboxylic acids is 1. The van der Waals surface area contributed by atoms with Gasteiger partial charge in [-0.15, -0.1) is 0 Å². The highest BCUT2D eigenvalue weighted by Crippen LogP contribution is 2.20. The van der Waals surface area contributed by atoms with Crippen LogP contribution >= 0.6 is 0 Å². The zero-order valence-corrected chi connectivity index (χ0v) is 10.5. The van der Waals surface area contributed by atoms with E-state index in [4.69, 9.17) is 0 Å². The first-order valence-electron chi connectivity index (χ1n) is 5.84. The molecule has 0 bridgehead atoms. The second-order valence-corrected chi connectivity index (χ2v) is 5.38. The molecule has 0 unspecified atom stereocenters. The van der Waals surface area contributed by atoms with Gasteiger partial charge >= 0.3 is 0 Å². The minimum atomic E-state index is -0.274. The van der Waals surface area contributed by atoms with Crippen molar-refractivity contribution in [2.24, 2.45) is 5.41 Å². The van der Waals surface area contributed by atoms with Crippen LogP contribution in [0.4, 0.5) is 0 Å². The van der Waals surface area contributed by atoms with Crippen molar-refractivity contribution in [2.75, 3.05) is 0 Å². The number of hydrogen-bond acceptors (Lipinski definition) is 2. The Morgan fingerprint density at radius 3 is 2.71 bits per heavy atom. The van der Waals surface area contributed by atoms with E-state index in [1.165, 1.54) is 0 Å². The molecule has 0 spiro atoms. The van der Waals surface area contributed by atoms with Crippen molar-refractivity contribution in [1.29, 1.82) is 0 Å². The lowest BCUT2D eigenvalue weighted by molar-refractivity contribution is -0.125. The Kier molecular flexibility index (Phi) is 2.97. The van der Waals surface area contributed by atoms with E-state index in [0.29, 0.717) is 6.42 Å². The maximum atomic E-state index is 12.0. The molecule has 1 heterocycles. The number of benzene rings is 1. The average Bonchev–Trinajstić information content (AvgIpc) is 2.27. The van der Waals surface area contributed by atoms with Crippen LogP contribution in [0.25, 0.3) is 10.9 Å². The Labute approximate surface area is 102 Å². The van der Waals surface area contributed by atoms with Crippen LogP contribution in [0.1, 0.15) is 26.3 Å². The highest BCUT2D eigenvalue weighted by Gasteiger charge is 2.20. The number of nitrogens with zero attached hydrogens (tertiary/aromatic N) is 1. The Hall–Kier alpha value is -1.70. The molecule has 1 aromatic heterocycles. The fourth-order valence-corrected chi connectivity index (χ4v) is 1.69. The summed E-state index contributed by atoms with van der Waals surface area (Å²) >= 11 is 0. The first kappa shape index (κ1) is 11.8. The first-order valence-corrected chi connectivity index (χ1v) is 5.84. The van der Waals surface area contributed by atoms with Gasteiger partial charge in [0.25, 0.3) is 0 Å². The van der Waals surface area contributed by atoms with Gasteiger partial charge in [-0.3, -0.25) is 9.78 Å².